The smallest absolute Gasteiger partial charge is 0.497 e. The van der Waals surface area contributed by atoms with Gasteiger partial charge in [0.25, 0.3) is 0 Å². The predicted octanol–water partition coefficient (Wildman–Crippen LogP) is 4.02. The highest BCUT2D eigenvalue weighted by molar-refractivity contribution is 7.89. The van der Waals surface area contributed by atoms with Gasteiger partial charge in [0, 0.05) is 25.7 Å². The summed E-state index contributed by atoms with van der Waals surface area (Å²) in [5.74, 6) is 0.657. The van der Waals surface area contributed by atoms with Crippen LogP contribution in [0.2, 0.25) is 0 Å². The molecule has 2 aromatic carbocycles. The van der Waals surface area contributed by atoms with E-state index in [0.29, 0.717) is 37.6 Å². The Bertz CT molecular complexity index is 1430. The van der Waals surface area contributed by atoms with Crippen LogP contribution in [-0.4, -0.2) is 57.3 Å². The molecule has 0 aliphatic carbocycles. The van der Waals surface area contributed by atoms with Gasteiger partial charge in [-0.25, -0.2) is 8.42 Å². The summed E-state index contributed by atoms with van der Waals surface area (Å²) < 4.78 is 84.7. The number of rotatable bonds is 9. The van der Waals surface area contributed by atoms with Gasteiger partial charge in [-0.3, -0.25) is 9.69 Å². The van der Waals surface area contributed by atoms with E-state index in [1.165, 1.54) is 16.6 Å². The summed E-state index contributed by atoms with van der Waals surface area (Å²) in [4.78, 5) is 14.4. The zero-order valence-corrected chi connectivity index (χ0v) is 21.8. The maximum atomic E-state index is 13.0. The van der Waals surface area contributed by atoms with Crippen molar-refractivity contribution in [2.75, 3.05) is 33.3 Å². The number of ether oxygens (including phenoxy) is 3. The monoisotopic (exact) mass is 568 g/mol. The molecule has 3 aromatic rings. The molecule has 1 fully saturated rings. The molecule has 0 radical (unpaired) electrons. The maximum absolute atomic E-state index is 13.0. The van der Waals surface area contributed by atoms with Crippen molar-refractivity contribution in [3.05, 3.63) is 82.4 Å². The van der Waals surface area contributed by atoms with Crippen LogP contribution < -0.4 is 19.6 Å². The van der Waals surface area contributed by atoms with Crippen molar-refractivity contribution in [1.82, 2.24) is 9.21 Å². The summed E-state index contributed by atoms with van der Waals surface area (Å²) in [7, 11) is -2.35. The van der Waals surface area contributed by atoms with Gasteiger partial charge in [0.2, 0.25) is 21.2 Å². The molecule has 0 amide bonds. The van der Waals surface area contributed by atoms with Crippen molar-refractivity contribution in [2.24, 2.45) is 0 Å². The second kappa shape index (κ2) is 12.1. The minimum atomic E-state index is -4.86. The van der Waals surface area contributed by atoms with Crippen LogP contribution in [0.5, 0.6) is 17.2 Å². The van der Waals surface area contributed by atoms with Crippen LogP contribution in [0.3, 0.4) is 0 Å². The Morgan fingerprint density at radius 3 is 2.44 bits per heavy atom. The summed E-state index contributed by atoms with van der Waals surface area (Å²) in [5, 5.41) is 0. The average molecular weight is 569 g/mol. The fourth-order valence-electron chi connectivity index (χ4n) is 4.08. The Morgan fingerprint density at radius 2 is 1.74 bits per heavy atom. The minimum absolute atomic E-state index is 0.0707. The molecule has 0 saturated carbocycles. The largest absolute Gasteiger partial charge is 0.573 e. The van der Waals surface area contributed by atoms with Gasteiger partial charge in [-0.2, -0.15) is 4.31 Å². The highest BCUT2D eigenvalue weighted by Crippen LogP contribution is 2.26. The van der Waals surface area contributed by atoms with E-state index >= 15 is 0 Å². The van der Waals surface area contributed by atoms with Crippen molar-refractivity contribution in [3.63, 3.8) is 0 Å². The molecule has 39 heavy (non-hydrogen) atoms. The number of hydrogen-bond donors (Lipinski definition) is 0. The van der Waals surface area contributed by atoms with E-state index in [2.05, 4.69) is 4.74 Å². The van der Waals surface area contributed by atoms with E-state index < -0.39 is 22.1 Å². The molecular formula is C26H27F3N2O7S. The Balaban J connectivity index is 1.33. The second-order valence-corrected chi connectivity index (χ2v) is 10.7. The second-order valence-electron chi connectivity index (χ2n) is 8.77. The zero-order valence-electron chi connectivity index (χ0n) is 21.0. The Hall–Kier alpha value is -3.55. The van der Waals surface area contributed by atoms with Crippen molar-refractivity contribution in [1.29, 1.82) is 0 Å². The first-order chi connectivity index (χ1) is 18.5. The first kappa shape index (κ1) is 28.5. The highest BCUT2D eigenvalue weighted by Gasteiger charge is 2.32. The van der Waals surface area contributed by atoms with Crippen LogP contribution in [0.25, 0.3) is 0 Å². The molecule has 1 aliphatic heterocycles. The molecule has 13 heteroatoms. The van der Waals surface area contributed by atoms with Crippen molar-refractivity contribution < 1.29 is 40.2 Å². The van der Waals surface area contributed by atoms with E-state index in [1.54, 1.807) is 19.2 Å². The van der Waals surface area contributed by atoms with Gasteiger partial charge in [0.15, 0.2) is 0 Å². The lowest BCUT2D eigenvalue weighted by Gasteiger charge is -2.21. The third-order valence-electron chi connectivity index (χ3n) is 6.00. The molecule has 9 nitrogen and oxygen atoms in total. The van der Waals surface area contributed by atoms with Crippen molar-refractivity contribution in [2.45, 2.75) is 30.8 Å². The fraction of sp³-hybridized carbons (Fsp3) is 0.346. The summed E-state index contributed by atoms with van der Waals surface area (Å²) >= 11 is 0. The summed E-state index contributed by atoms with van der Waals surface area (Å²) in [6.45, 7) is 1.78. The molecule has 1 aromatic heterocycles. The van der Waals surface area contributed by atoms with Crippen LogP contribution >= 0.6 is 0 Å². The predicted molar refractivity (Wildman–Crippen MR) is 134 cm³/mol. The molecule has 0 spiro atoms. The van der Waals surface area contributed by atoms with E-state index in [-0.39, 0.29) is 35.8 Å². The van der Waals surface area contributed by atoms with Gasteiger partial charge in [-0.15, -0.1) is 13.2 Å². The molecule has 0 atom stereocenters. The quantitative estimate of drug-likeness (QED) is 0.382. The topological polar surface area (TPSA) is 98.5 Å². The third kappa shape index (κ3) is 7.74. The third-order valence-corrected chi connectivity index (χ3v) is 7.92. The average Bonchev–Trinajstić information content (AvgIpc) is 3.14. The van der Waals surface area contributed by atoms with Crippen molar-refractivity contribution in [3.8, 4) is 17.2 Å². The molecule has 1 saturated heterocycles. The number of nitrogens with zero attached hydrogens (tertiary/aromatic N) is 2. The molecular weight excluding hydrogens is 541 g/mol. The van der Waals surface area contributed by atoms with Gasteiger partial charge < -0.3 is 18.6 Å². The fourth-order valence-corrected chi connectivity index (χ4v) is 5.55. The van der Waals surface area contributed by atoms with E-state index in [9.17, 15) is 26.4 Å². The van der Waals surface area contributed by atoms with Crippen LogP contribution in [0.4, 0.5) is 13.2 Å². The summed E-state index contributed by atoms with van der Waals surface area (Å²) in [6.07, 6.45) is -3.09. The number of alkyl halides is 3. The number of benzene rings is 2. The summed E-state index contributed by atoms with van der Waals surface area (Å²) in [5.41, 5.74) is 0.489. The number of halogens is 3. The van der Waals surface area contributed by atoms with Gasteiger partial charge in [0.05, 0.1) is 18.6 Å². The zero-order chi connectivity index (χ0) is 28.0. The first-order valence-electron chi connectivity index (χ1n) is 12.0. The van der Waals surface area contributed by atoms with Crippen LogP contribution in [0.1, 0.15) is 17.7 Å². The standard InChI is InChI=1S/C26H27F3N2O7S/c1-35-21-5-2-4-19(14-21)17-37-25-18-36-22(15-24(25)32)16-30-10-3-11-31(13-12-30)39(33,34)23-8-6-20(7-9-23)38-26(27,28)29/h2,4-9,14-15,18H,3,10-13,16-17H2,1H3. The molecule has 4 rings (SSSR count). The Labute approximate surface area is 223 Å². The highest BCUT2D eigenvalue weighted by atomic mass is 32.2. The van der Waals surface area contributed by atoms with Gasteiger partial charge in [0.1, 0.15) is 30.1 Å². The Morgan fingerprint density at radius 1 is 0.974 bits per heavy atom. The molecule has 0 bridgehead atoms. The van der Waals surface area contributed by atoms with E-state index in [1.807, 2.05) is 17.0 Å². The lowest BCUT2D eigenvalue weighted by atomic mass is 10.2. The number of hydrogen-bond acceptors (Lipinski definition) is 8. The molecule has 0 unspecified atom stereocenters. The number of sulfonamides is 1. The lowest BCUT2D eigenvalue weighted by Crippen LogP contribution is -2.35. The van der Waals surface area contributed by atoms with Crippen molar-refractivity contribution >= 4 is 10.0 Å². The number of methoxy groups -OCH3 is 1. The first-order valence-corrected chi connectivity index (χ1v) is 13.4. The van der Waals surface area contributed by atoms with E-state index in [4.69, 9.17) is 13.9 Å². The summed E-state index contributed by atoms with van der Waals surface area (Å²) in [6, 6.07) is 12.7. The van der Waals surface area contributed by atoms with Gasteiger partial charge >= 0.3 is 6.36 Å². The van der Waals surface area contributed by atoms with E-state index in [0.717, 1.165) is 29.8 Å². The van der Waals surface area contributed by atoms with Gasteiger partial charge in [-0.1, -0.05) is 12.1 Å². The van der Waals surface area contributed by atoms with Crippen LogP contribution in [0, 0.1) is 0 Å². The molecule has 0 N–H and O–H groups in total. The SMILES string of the molecule is COc1cccc(COc2coc(CN3CCCN(S(=O)(=O)c4ccc(OC(F)(F)F)cc4)CC3)cc2=O)c1. The molecule has 1 aliphatic rings. The van der Waals surface area contributed by atoms with Gasteiger partial charge in [-0.05, 0) is 54.9 Å². The molecule has 210 valence electrons. The van der Waals surface area contributed by atoms with Crippen LogP contribution in [-0.2, 0) is 23.2 Å². The minimum Gasteiger partial charge on any atom is -0.497 e. The normalized spacial score (nSPS) is 15.5. The Kier molecular flexibility index (Phi) is 8.83. The van der Waals surface area contributed by atoms with Crippen LogP contribution in [0.15, 0.2) is 75.0 Å². The maximum Gasteiger partial charge on any atom is 0.573 e. The molecule has 2 heterocycles. The lowest BCUT2D eigenvalue weighted by molar-refractivity contribution is -0.274.